The van der Waals surface area contributed by atoms with Gasteiger partial charge in [0.25, 0.3) is 0 Å². The van der Waals surface area contributed by atoms with Crippen molar-refractivity contribution >= 4 is 17.5 Å². The predicted octanol–water partition coefficient (Wildman–Crippen LogP) is 2.24. The van der Waals surface area contributed by atoms with Crippen LogP contribution in [0, 0.1) is 5.92 Å². The zero-order valence-corrected chi connectivity index (χ0v) is 14.1. The van der Waals surface area contributed by atoms with Gasteiger partial charge in [-0.2, -0.15) is 0 Å². The molecule has 2 aromatic rings. The monoisotopic (exact) mass is 335 g/mol. The first-order valence-corrected chi connectivity index (χ1v) is 8.79. The van der Waals surface area contributed by atoms with Crippen LogP contribution < -0.4 is 10.2 Å². The third-order valence-electron chi connectivity index (χ3n) is 5.08. The van der Waals surface area contributed by atoms with Gasteiger partial charge in [-0.3, -0.25) is 14.6 Å². The molecule has 2 aliphatic rings. The average molecular weight is 335 g/mol. The number of aryl methyl sites for hydroxylation is 2. The standard InChI is InChI=1S/C20H21N3O2/c24-19-10-17(20(25)22-12-14-3-2-8-21-11-14)13-23(19)18-7-6-15-4-1-5-16(15)9-18/h2-3,6-9,11,17H,1,4-5,10,12-13H2,(H,22,25). The zero-order chi connectivity index (χ0) is 17.2. The van der Waals surface area contributed by atoms with Crippen LogP contribution in [0.4, 0.5) is 5.69 Å². The number of nitrogens with one attached hydrogen (secondary N) is 1. The highest BCUT2D eigenvalue weighted by Gasteiger charge is 2.35. The summed E-state index contributed by atoms with van der Waals surface area (Å²) in [4.78, 5) is 30.6. The average Bonchev–Trinajstić information content (AvgIpc) is 3.26. The number of benzene rings is 1. The van der Waals surface area contributed by atoms with Crippen LogP contribution in [0.2, 0.25) is 0 Å². The lowest BCUT2D eigenvalue weighted by atomic mass is 10.1. The maximum Gasteiger partial charge on any atom is 0.227 e. The summed E-state index contributed by atoms with van der Waals surface area (Å²) in [5.41, 5.74) is 4.61. The lowest BCUT2D eigenvalue weighted by Crippen LogP contribution is -2.32. The van der Waals surface area contributed by atoms with Crippen LogP contribution in [0.1, 0.15) is 29.5 Å². The number of nitrogens with zero attached hydrogens (tertiary/aromatic N) is 2. The highest BCUT2D eigenvalue weighted by molar-refractivity contribution is 6.00. The highest BCUT2D eigenvalue weighted by atomic mass is 16.2. The number of hydrogen-bond donors (Lipinski definition) is 1. The van der Waals surface area contributed by atoms with Gasteiger partial charge in [0.1, 0.15) is 0 Å². The Bertz CT molecular complexity index is 804. The second kappa shape index (κ2) is 6.67. The van der Waals surface area contributed by atoms with Gasteiger partial charge >= 0.3 is 0 Å². The third kappa shape index (κ3) is 3.27. The Kier molecular flexibility index (Phi) is 4.22. The number of pyridine rings is 1. The van der Waals surface area contributed by atoms with E-state index in [0.29, 0.717) is 13.1 Å². The number of aromatic nitrogens is 1. The van der Waals surface area contributed by atoms with Gasteiger partial charge in [0, 0.05) is 37.6 Å². The van der Waals surface area contributed by atoms with Crippen molar-refractivity contribution in [1.29, 1.82) is 0 Å². The van der Waals surface area contributed by atoms with Crippen molar-refractivity contribution in [3.8, 4) is 0 Å². The summed E-state index contributed by atoms with van der Waals surface area (Å²) < 4.78 is 0. The molecule has 1 aromatic carbocycles. The van der Waals surface area contributed by atoms with Gasteiger partial charge in [-0.15, -0.1) is 0 Å². The Morgan fingerprint density at radius 2 is 2.12 bits per heavy atom. The van der Waals surface area contributed by atoms with Crippen molar-refractivity contribution in [2.45, 2.75) is 32.2 Å². The summed E-state index contributed by atoms with van der Waals surface area (Å²) in [7, 11) is 0. The highest BCUT2D eigenvalue weighted by Crippen LogP contribution is 2.30. The minimum Gasteiger partial charge on any atom is -0.352 e. The summed E-state index contributed by atoms with van der Waals surface area (Å²) in [5, 5.41) is 2.92. The van der Waals surface area contributed by atoms with Crippen LogP contribution in [0.3, 0.4) is 0 Å². The van der Waals surface area contributed by atoms with Crippen LogP contribution in [0.15, 0.2) is 42.7 Å². The summed E-state index contributed by atoms with van der Waals surface area (Å²) in [5.74, 6) is -0.335. The van der Waals surface area contributed by atoms with Crippen molar-refractivity contribution in [3.63, 3.8) is 0 Å². The minimum atomic E-state index is -0.294. The molecule has 2 amide bonds. The Balaban J connectivity index is 1.40. The Labute approximate surface area is 147 Å². The molecule has 1 atom stereocenters. The smallest absolute Gasteiger partial charge is 0.227 e. The van der Waals surface area contributed by atoms with Gasteiger partial charge < -0.3 is 10.2 Å². The first-order chi connectivity index (χ1) is 12.2. The van der Waals surface area contributed by atoms with Crippen LogP contribution in [0.5, 0.6) is 0 Å². The molecule has 0 saturated carbocycles. The Hall–Kier alpha value is -2.69. The molecule has 1 unspecified atom stereocenters. The van der Waals surface area contributed by atoms with Gasteiger partial charge in [0.05, 0.1) is 5.92 Å². The molecule has 1 aliphatic carbocycles. The second-order valence-corrected chi connectivity index (χ2v) is 6.79. The van der Waals surface area contributed by atoms with Crippen molar-refractivity contribution in [2.24, 2.45) is 5.92 Å². The molecule has 5 nitrogen and oxygen atoms in total. The topological polar surface area (TPSA) is 62.3 Å². The fourth-order valence-corrected chi connectivity index (χ4v) is 3.70. The lowest BCUT2D eigenvalue weighted by molar-refractivity contribution is -0.126. The molecule has 1 aromatic heterocycles. The number of fused-ring (bicyclic) bond motifs is 1. The number of carbonyl (C=O) groups is 2. The van der Waals surface area contributed by atoms with Gasteiger partial charge in [0.15, 0.2) is 0 Å². The van der Waals surface area contributed by atoms with Crippen LogP contribution in [0.25, 0.3) is 0 Å². The molecule has 1 N–H and O–H groups in total. The van der Waals surface area contributed by atoms with Crippen LogP contribution in [-0.4, -0.2) is 23.3 Å². The van der Waals surface area contributed by atoms with E-state index < -0.39 is 0 Å². The largest absolute Gasteiger partial charge is 0.352 e. The molecule has 1 aliphatic heterocycles. The van der Waals surface area contributed by atoms with Gasteiger partial charge in [-0.25, -0.2) is 0 Å². The van der Waals surface area contributed by atoms with Crippen molar-refractivity contribution in [1.82, 2.24) is 10.3 Å². The molecule has 1 saturated heterocycles. The van der Waals surface area contributed by atoms with Crippen molar-refractivity contribution < 1.29 is 9.59 Å². The van der Waals surface area contributed by atoms with Gasteiger partial charge in [-0.1, -0.05) is 12.1 Å². The summed E-state index contributed by atoms with van der Waals surface area (Å²) >= 11 is 0. The van der Waals surface area contributed by atoms with Crippen LogP contribution >= 0.6 is 0 Å². The Morgan fingerprint density at radius 1 is 1.24 bits per heavy atom. The van der Waals surface area contributed by atoms with Crippen molar-refractivity contribution in [2.75, 3.05) is 11.4 Å². The quantitative estimate of drug-likeness (QED) is 0.932. The molecule has 128 valence electrons. The van der Waals surface area contributed by atoms with E-state index in [4.69, 9.17) is 0 Å². The number of hydrogen-bond acceptors (Lipinski definition) is 3. The fourth-order valence-electron chi connectivity index (χ4n) is 3.70. The lowest BCUT2D eigenvalue weighted by Gasteiger charge is -2.18. The molecule has 2 heterocycles. The molecule has 5 heteroatoms. The zero-order valence-electron chi connectivity index (χ0n) is 14.1. The summed E-state index contributed by atoms with van der Waals surface area (Å²) in [6, 6.07) is 10.0. The minimum absolute atomic E-state index is 0.0273. The fraction of sp³-hybridized carbons (Fsp3) is 0.350. The van der Waals surface area contributed by atoms with E-state index in [2.05, 4.69) is 22.4 Å². The van der Waals surface area contributed by atoms with E-state index in [1.165, 1.54) is 17.5 Å². The maximum atomic E-state index is 12.4. The second-order valence-electron chi connectivity index (χ2n) is 6.79. The molecule has 0 spiro atoms. The summed E-state index contributed by atoms with van der Waals surface area (Å²) in [6.07, 6.45) is 7.11. The van der Waals surface area contributed by atoms with E-state index in [-0.39, 0.29) is 24.2 Å². The molecule has 0 radical (unpaired) electrons. The SMILES string of the molecule is O=C(NCc1cccnc1)C1CC(=O)N(c2ccc3c(c2)CCC3)C1. The Morgan fingerprint density at radius 3 is 2.96 bits per heavy atom. The first-order valence-electron chi connectivity index (χ1n) is 8.79. The number of carbonyl (C=O) groups excluding carboxylic acids is 2. The van der Waals surface area contributed by atoms with Gasteiger partial charge in [-0.05, 0) is 54.2 Å². The van der Waals surface area contributed by atoms with Crippen LogP contribution in [-0.2, 0) is 29.0 Å². The number of anilines is 1. The normalized spacial score (nSPS) is 19.1. The van der Waals surface area contributed by atoms with Gasteiger partial charge in [0.2, 0.25) is 11.8 Å². The van der Waals surface area contributed by atoms with E-state index in [0.717, 1.165) is 24.1 Å². The molecular weight excluding hydrogens is 314 g/mol. The number of amides is 2. The number of rotatable bonds is 4. The first kappa shape index (κ1) is 15.8. The van der Waals surface area contributed by atoms with E-state index in [1.54, 1.807) is 17.3 Å². The molecular formula is C20H21N3O2. The molecule has 0 bridgehead atoms. The molecule has 25 heavy (non-hydrogen) atoms. The van der Waals surface area contributed by atoms with Crippen molar-refractivity contribution in [3.05, 3.63) is 59.4 Å². The molecule has 1 fully saturated rings. The van der Waals surface area contributed by atoms with E-state index in [1.807, 2.05) is 18.2 Å². The van der Waals surface area contributed by atoms with E-state index in [9.17, 15) is 9.59 Å². The third-order valence-corrected chi connectivity index (χ3v) is 5.08. The molecule has 4 rings (SSSR count). The maximum absolute atomic E-state index is 12.4. The predicted molar refractivity (Wildman–Crippen MR) is 95.0 cm³/mol. The van der Waals surface area contributed by atoms with E-state index >= 15 is 0 Å². The summed E-state index contributed by atoms with van der Waals surface area (Å²) in [6.45, 7) is 0.896.